The Morgan fingerprint density at radius 2 is 2.25 bits per heavy atom. The van der Waals surface area contributed by atoms with E-state index in [0.717, 1.165) is 0 Å². The summed E-state index contributed by atoms with van der Waals surface area (Å²) in [6.45, 7) is 2.22. The van der Waals surface area contributed by atoms with Gasteiger partial charge in [-0.15, -0.1) is 0 Å². The maximum Gasteiger partial charge on any atom is 0.274 e. The Balaban J connectivity index is 2.55. The van der Waals surface area contributed by atoms with E-state index in [1.165, 1.54) is 12.1 Å². The smallest absolute Gasteiger partial charge is 0.274 e. The highest BCUT2D eigenvalue weighted by atomic mass is 79.9. The molecule has 0 aliphatic heterocycles. The van der Waals surface area contributed by atoms with Crippen molar-refractivity contribution < 1.29 is 9.66 Å². The normalized spacial score (nSPS) is 13.3. The van der Waals surface area contributed by atoms with Crippen molar-refractivity contribution >= 4 is 21.6 Å². The first-order valence-corrected chi connectivity index (χ1v) is 6.97. The number of nitrogens with zero attached hydrogens (tertiary/aromatic N) is 2. The third-order valence-electron chi connectivity index (χ3n) is 2.96. The summed E-state index contributed by atoms with van der Waals surface area (Å²) in [6, 6.07) is 6.52. The fraction of sp³-hybridized carbons (Fsp3) is 0.462. The van der Waals surface area contributed by atoms with Gasteiger partial charge < -0.3 is 10.5 Å². The summed E-state index contributed by atoms with van der Waals surface area (Å²) >= 11 is 3.20. The van der Waals surface area contributed by atoms with Gasteiger partial charge in [-0.2, -0.15) is 5.26 Å². The van der Waals surface area contributed by atoms with Gasteiger partial charge in [0, 0.05) is 10.5 Å². The van der Waals surface area contributed by atoms with Gasteiger partial charge in [0.2, 0.25) is 0 Å². The van der Waals surface area contributed by atoms with Crippen LogP contribution in [0.5, 0.6) is 5.75 Å². The quantitative estimate of drug-likeness (QED) is 0.466. The molecule has 108 valence electrons. The SMILES string of the molecule is CCC(N)(C#N)CCCOc1cc(Br)cc([N+](=O)[O-])c1. The van der Waals surface area contributed by atoms with Crippen molar-refractivity contribution in [2.45, 2.75) is 31.7 Å². The zero-order valence-electron chi connectivity index (χ0n) is 11.1. The first-order valence-electron chi connectivity index (χ1n) is 6.18. The van der Waals surface area contributed by atoms with Gasteiger partial charge in [-0.25, -0.2) is 0 Å². The van der Waals surface area contributed by atoms with Crippen LogP contribution in [0.25, 0.3) is 0 Å². The van der Waals surface area contributed by atoms with Crippen molar-refractivity contribution in [2.75, 3.05) is 6.61 Å². The highest BCUT2D eigenvalue weighted by Crippen LogP contribution is 2.26. The molecule has 0 aliphatic rings. The van der Waals surface area contributed by atoms with E-state index in [9.17, 15) is 10.1 Å². The molecule has 0 spiro atoms. The van der Waals surface area contributed by atoms with Gasteiger partial charge >= 0.3 is 0 Å². The van der Waals surface area contributed by atoms with Crippen LogP contribution >= 0.6 is 15.9 Å². The summed E-state index contributed by atoms with van der Waals surface area (Å²) < 4.78 is 6.05. The van der Waals surface area contributed by atoms with Gasteiger partial charge in [0.1, 0.15) is 11.3 Å². The van der Waals surface area contributed by atoms with Gasteiger partial charge in [-0.1, -0.05) is 22.9 Å². The fourth-order valence-electron chi connectivity index (χ4n) is 1.63. The van der Waals surface area contributed by atoms with Crippen LogP contribution in [0.4, 0.5) is 5.69 Å². The van der Waals surface area contributed by atoms with E-state index in [4.69, 9.17) is 15.7 Å². The molecule has 0 saturated carbocycles. The van der Waals surface area contributed by atoms with Gasteiger partial charge in [0.15, 0.2) is 0 Å². The molecule has 1 aromatic carbocycles. The Morgan fingerprint density at radius 3 is 2.80 bits per heavy atom. The molecule has 0 amide bonds. The second-order valence-electron chi connectivity index (χ2n) is 4.48. The van der Waals surface area contributed by atoms with E-state index in [1.54, 1.807) is 6.07 Å². The van der Waals surface area contributed by atoms with Gasteiger partial charge in [-0.05, 0) is 25.3 Å². The number of hydrogen-bond acceptors (Lipinski definition) is 5. The maximum absolute atomic E-state index is 10.7. The van der Waals surface area contributed by atoms with E-state index in [2.05, 4.69) is 22.0 Å². The second kappa shape index (κ2) is 7.22. The van der Waals surface area contributed by atoms with Crippen LogP contribution < -0.4 is 10.5 Å². The maximum atomic E-state index is 10.7. The number of ether oxygens (including phenoxy) is 1. The molecule has 0 radical (unpaired) electrons. The zero-order valence-corrected chi connectivity index (χ0v) is 12.7. The van der Waals surface area contributed by atoms with E-state index in [0.29, 0.717) is 36.1 Å². The van der Waals surface area contributed by atoms with Crippen LogP contribution in [0, 0.1) is 21.4 Å². The average Bonchev–Trinajstić information content (AvgIpc) is 2.42. The minimum atomic E-state index is -0.827. The predicted octanol–water partition coefficient (Wildman–Crippen LogP) is 3.15. The van der Waals surface area contributed by atoms with E-state index >= 15 is 0 Å². The minimum Gasteiger partial charge on any atom is -0.493 e. The topological polar surface area (TPSA) is 102 Å². The number of benzene rings is 1. The Bertz CT molecular complexity index is 530. The Kier molecular flexibility index (Phi) is 5.92. The average molecular weight is 342 g/mol. The number of rotatable bonds is 7. The largest absolute Gasteiger partial charge is 0.493 e. The zero-order chi connectivity index (χ0) is 15.2. The monoisotopic (exact) mass is 341 g/mol. The second-order valence-corrected chi connectivity index (χ2v) is 5.39. The molecule has 0 fully saturated rings. The molecular formula is C13H16BrN3O3. The van der Waals surface area contributed by atoms with Gasteiger partial charge in [0.25, 0.3) is 5.69 Å². The molecule has 7 heteroatoms. The number of nitrogens with two attached hydrogens (primary N) is 1. The number of non-ortho nitro benzene ring substituents is 1. The van der Waals surface area contributed by atoms with Crippen LogP contribution in [-0.2, 0) is 0 Å². The third-order valence-corrected chi connectivity index (χ3v) is 3.41. The molecule has 2 N–H and O–H groups in total. The lowest BCUT2D eigenvalue weighted by Gasteiger charge is -2.18. The van der Waals surface area contributed by atoms with Gasteiger partial charge in [0.05, 0.1) is 23.7 Å². The van der Waals surface area contributed by atoms with Crippen molar-refractivity contribution in [3.8, 4) is 11.8 Å². The number of halogens is 1. The van der Waals surface area contributed by atoms with Crippen LogP contribution in [0.15, 0.2) is 22.7 Å². The first-order chi connectivity index (χ1) is 9.40. The van der Waals surface area contributed by atoms with Crippen LogP contribution in [-0.4, -0.2) is 17.1 Å². The summed E-state index contributed by atoms with van der Waals surface area (Å²) in [5.74, 6) is 0.419. The molecule has 1 unspecified atom stereocenters. The molecule has 0 heterocycles. The Labute approximate surface area is 125 Å². The van der Waals surface area contributed by atoms with E-state index in [1.807, 2.05) is 6.92 Å². The highest BCUT2D eigenvalue weighted by molar-refractivity contribution is 9.10. The molecule has 1 atom stereocenters. The van der Waals surface area contributed by atoms with Crippen molar-refractivity contribution in [3.05, 3.63) is 32.8 Å². The Hall–Kier alpha value is -1.65. The third kappa shape index (κ3) is 4.79. The summed E-state index contributed by atoms with van der Waals surface area (Å²) in [4.78, 5) is 10.2. The Morgan fingerprint density at radius 1 is 1.55 bits per heavy atom. The molecule has 1 rings (SSSR count). The lowest BCUT2D eigenvalue weighted by Crippen LogP contribution is -2.37. The summed E-state index contributed by atoms with van der Waals surface area (Å²) in [6.07, 6.45) is 1.71. The van der Waals surface area contributed by atoms with Crippen molar-refractivity contribution in [1.29, 1.82) is 5.26 Å². The summed E-state index contributed by atoms with van der Waals surface area (Å²) in [5, 5.41) is 19.7. The molecule has 0 saturated heterocycles. The first kappa shape index (κ1) is 16.4. The van der Waals surface area contributed by atoms with Crippen LogP contribution in [0.3, 0.4) is 0 Å². The number of nitro benzene ring substituents is 1. The van der Waals surface area contributed by atoms with E-state index in [-0.39, 0.29) is 5.69 Å². The molecule has 6 nitrogen and oxygen atoms in total. The van der Waals surface area contributed by atoms with E-state index < -0.39 is 10.5 Å². The molecule has 20 heavy (non-hydrogen) atoms. The van der Waals surface area contributed by atoms with Crippen molar-refractivity contribution in [1.82, 2.24) is 0 Å². The van der Waals surface area contributed by atoms with Gasteiger partial charge in [-0.3, -0.25) is 10.1 Å². The number of nitro groups is 1. The highest BCUT2D eigenvalue weighted by Gasteiger charge is 2.21. The molecule has 0 aliphatic carbocycles. The standard InChI is InChI=1S/C13H16BrN3O3/c1-2-13(16,9-15)4-3-5-20-12-7-10(14)6-11(8-12)17(18)19/h6-8H,2-5,16H2,1H3. The molecular weight excluding hydrogens is 326 g/mol. The predicted molar refractivity (Wildman–Crippen MR) is 78.3 cm³/mol. The fourth-order valence-corrected chi connectivity index (χ4v) is 2.09. The van der Waals surface area contributed by atoms with Crippen LogP contribution in [0.2, 0.25) is 0 Å². The number of hydrogen-bond donors (Lipinski definition) is 1. The van der Waals surface area contributed by atoms with Crippen molar-refractivity contribution in [2.24, 2.45) is 5.73 Å². The lowest BCUT2D eigenvalue weighted by atomic mass is 9.94. The minimum absolute atomic E-state index is 0.0341. The summed E-state index contributed by atoms with van der Waals surface area (Å²) in [7, 11) is 0. The van der Waals surface area contributed by atoms with Crippen LogP contribution in [0.1, 0.15) is 26.2 Å². The summed E-state index contributed by atoms with van der Waals surface area (Å²) in [5.41, 5.74) is 4.99. The molecule has 0 aromatic heterocycles. The molecule has 0 bridgehead atoms. The molecule has 1 aromatic rings. The number of nitriles is 1. The lowest BCUT2D eigenvalue weighted by molar-refractivity contribution is -0.385. The van der Waals surface area contributed by atoms with Crippen molar-refractivity contribution in [3.63, 3.8) is 0 Å².